The molecule has 2 atom stereocenters. The highest BCUT2D eigenvalue weighted by Gasteiger charge is 2.60. The standard InChI is InChI=1S/C45H59Cl2N5O3/c1-9-55-38-28-39(43(4,5)6)48-29-37(38)41-49-44(7,32-15-19-34(46)20-16-32)45(8,33-17-21-35(47)22-18-33)52(41)42(54)50-25-23-31(24-26-50)27-40(53)51(30(2)3)36-13-11-10-12-14-36/h15-22,28-31,36H,9-14,23-27H2,1-8H3/t44-,45+/m0/s1. The van der Waals surface area contributed by atoms with Crippen LogP contribution in [0.4, 0.5) is 4.79 Å². The number of pyridine rings is 1. The molecule has 3 aliphatic rings. The Morgan fingerprint density at radius 2 is 1.49 bits per heavy atom. The number of aliphatic imine (C=N–C) groups is 1. The Labute approximate surface area is 338 Å². The molecule has 1 saturated heterocycles. The number of hydrogen-bond donors (Lipinski definition) is 0. The number of carbonyl (C=O) groups excluding carboxylic acids is 2. The third kappa shape index (κ3) is 8.14. The molecule has 3 amide bonds. The van der Waals surface area contributed by atoms with Crippen molar-refractivity contribution in [2.24, 2.45) is 10.9 Å². The largest absolute Gasteiger partial charge is 0.493 e. The van der Waals surface area contributed by atoms with Gasteiger partial charge in [-0.3, -0.25) is 19.7 Å². The van der Waals surface area contributed by atoms with Gasteiger partial charge in [-0.2, -0.15) is 0 Å². The summed E-state index contributed by atoms with van der Waals surface area (Å²) in [5.74, 6) is 1.59. The summed E-state index contributed by atoms with van der Waals surface area (Å²) in [6.07, 6.45) is 9.68. The molecule has 1 aliphatic carbocycles. The van der Waals surface area contributed by atoms with Crippen LogP contribution in [0.2, 0.25) is 10.0 Å². The molecule has 2 aliphatic heterocycles. The van der Waals surface area contributed by atoms with Gasteiger partial charge in [0, 0.05) is 65.0 Å². The van der Waals surface area contributed by atoms with Gasteiger partial charge in [-0.25, -0.2) is 4.79 Å². The van der Waals surface area contributed by atoms with Gasteiger partial charge in [-0.15, -0.1) is 0 Å². The number of urea groups is 1. The highest BCUT2D eigenvalue weighted by Crippen LogP contribution is 2.54. The van der Waals surface area contributed by atoms with E-state index in [1.807, 2.05) is 77.5 Å². The summed E-state index contributed by atoms with van der Waals surface area (Å²) in [4.78, 5) is 45.7. The summed E-state index contributed by atoms with van der Waals surface area (Å²) >= 11 is 12.9. The van der Waals surface area contributed by atoms with Crippen molar-refractivity contribution >= 4 is 41.0 Å². The van der Waals surface area contributed by atoms with Crippen LogP contribution in [0.15, 0.2) is 65.8 Å². The fourth-order valence-electron chi connectivity index (χ4n) is 8.95. The number of likely N-dealkylation sites (tertiary alicyclic amines) is 1. The van der Waals surface area contributed by atoms with E-state index in [0.29, 0.717) is 59.4 Å². The number of hydrogen-bond acceptors (Lipinski definition) is 5. The molecule has 0 N–H and O–H groups in total. The summed E-state index contributed by atoms with van der Waals surface area (Å²) in [6.45, 7) is 18.3. The van der Waals surface area contributed by atoms with Crippen LogP contribution in [-0.4, -0.2) is 69.2 Å². The summed E-state index contributed by atoms with van der Waals surface area (Å²) in [5.41, 5.74) is 1.12. The van der Waals surface area contributed by atoms with Crippen LogP contribution >= 0.6 is 23.2 Å². The molecule has 10 heteroatoms. The average Bonchev–Trinajstić information content (AvgIpc) is 3.39. The zero-order valence-corrected chi connectivity index (χ0v) is 35.5. The van der Waals surface area contributed by atoms with E-state index in [9.17, 15) is 4.79 Å². The molecule has 6 rings (SSSR count). The maximum Gasteiger partial charge on any atom is 0.326 e. The molecule has 1 saturated carbocycles. The second kappa shape index (κ2) is 16.5. The van der Waals surface area contributed by atoms with Gasteiger partial charge in [0.15, 0.2) is 0 Å². The van der Waals surface area contributed by atoms with Gasteiger partial charge in [-0.1, -0.05) is 87.5 Å². The van der Waals surface area contributed by atoms with Crippen molar-refractivity contribution < 1.29 is 14.3 Å². The van der Waals surface area contributed by atoms with Crippen LogP contribution < -0.4 is 4.74 Å². The SMILES string of the molecule is CCOc1cc(C(C)(C)C)ncc1C1=N[C@@](C)(c2ccc(Cl)cc2)[C@@](C)(c2ccc(Cl)cc2)N1C(=O)N1CCC(CC(=O)N(C(C)C)C2CCCCC2)CC1. The molecule has 55 heavy (non-hydrogen) atoms. The van der Waals surface area contributed by atoms with Crippen LogP contribution in [0.3, 0.4) is 0 Å². The summed E-state index contributed by atoms with van der Waals surface area (Å²) in [7, 11) is 0. The van der Waals surface area contributed by atoms with E-state index in [1.165, 1.54) is 19.3 Å². The second-order valence-electron chi connectivity index (χ2n) is 17.3. The van der Waals surface area contributed by atoms with Gasteiger partial charge in [0.1, 0.15) is 22.7 Å². The number of amides is 3. The van der Waals surface area contributed by atoms with E-state index >= 15 is 4.79 Å². The summed E-state index contributed by atoms with van der Waals surface area (Å²) in [5, 5.41) is 1.22. The maximum absolute atomic E-state index is 15.4. The average molecular weight is 789 g/mol. The van der Waals surface area contributed by atoms with E-state index in [4.69, 9.17) is 37.9 Å². The maximum atomic E-state index is 15.4. The zero-order chi connectivity index (χ0) is 39.7. The quantitative estimate of drug-likeness (QED) is 0.216. The second-order valence-corrected chi connectivity index (χ2v) is 18.2. The van der Waals surface area contributed by atoms with Crippen LogP contribution in [-0.2, 0) is 21.3 Å². The highest BCUT2D eigenvalue weighted by atomic mass is 35.5. The van der Waals surface area contributed by atoms with Crippen molar-refractivity contribution in [1.29, 1.82) is 0 Å². The lowest BCUT2D eigenvalue weighted by molar-refractivity contribution is -0.137. The number of benzene rings is 2. The fourth-order valence-corrected chi connectivity index (χ4v) is 9.20. The van der Waals surface area contributed by atoms with Crippen LogP contribution in [0.1, 0.15) is 129 Å². The third-order valence-electron chi connectivity index (χ3n) is 12.3. The number of halogens is 2. The van der Waals surface area contributed by atoms with Gasteiger partial charge in [-0.05, 0) is 102 Å². The lowest BCUT2D eigenvalue weighted by atomic mass is 9.71. The minimum atomic E-state index is -1.02. The molecule has 0 spiro atoms. The predicted molar refractivity (Wildman–Crippen MR) is 223 cm³/mol. The van der Waals surface area contributed by atoms with Gasteiger partial charge in [0.05, 0.1) is 12.2 Å². The Hall–Kier alpha value is -3.62. The molecule has 296 valence electrons. The molecule has 2 fully saturated rings. The first-order chi connectivity index (χ1) is 26.1. The van der Waals surface area contributed by atoms with E-state index in [2.05, 4.69) is 53.4 Å². The lowest BCUT2D eigenvalue weighted by Crippen LogP contribution is -2.59. The van der Waals surface area contributed by atoms with Gasteiger partial charge in [0.2, 0.25) is 5.91 Å². The Bertz CT molecular complexity index is 1860. The number of nitrogens with zero attached hydrogens (tertiary/aromatic N) is 5. The number of amidine groups is 1. The van der Waals surface area contributed by atoms with Gasteiger partial charge in [0.25, 0.3) is 0 Å². The van der Waals surface area contributed by atoms with E-state index in [0.717, 1.165) is 42.5 Å². The van der Waals surface area contributed by atoms with E-state index in [1.54, 1.807) is 0 Å². The van der Waals surface area contributed by atoms with Crippen LogP contribution in [0.25, 0.3) is 0 Å². The normalized spacial score (nSPS) is 22.6. The molecule has 8 nitrogen and oxygen atoms in total. The van der Waals surface area contributed by atoms with E-state index in [-0.39, 0.29) is 29.3 Å². The monoisotopic (exact) mass is 787 g/mol. The number of aromatic nitrogens is 1. The first-order valence-electron chi connectivity index (χ1n) is 20.2. The zero-order valence-electron chi connectivity index (χ0n) is 34.0. The number of carbonyl (C=O) groups is 2. The molecular weight excluding hydrogens is 729 g/mol. The van der Waals surface area contributed by atoms with Crippen molar-refractivity contribution in [2.45, 2.75) is 135 Å². The number of rotatable bonds is 9. The molecule has 2 aromatic carbocycles. The Morgan fingerprint density at radius 1 is 0.909 bits per heavy atom. The molecule has 0 radical (unpaired) electrons. The Balaban J connectivity index is 1.39. The smallest absolute Gasteiger partial charge is 0.326 e. The van der Waals surface area contributed by atoms with Crippen LogP contribution in [0.5, 0.6) is 5.75 Å². The first-order valence-corrected chi connectivity index (χ1v) is 21.0. The minimum absolute atomic E-state index is 0.146. The van der Waals surface area contributed by atoms with Crippen molar-refractivity contribution in [3.05, 3.63) is 93.2 Å². The van der Waals surface area contributed by atoms with Gasteiger partial charge < -0.3 is 14.5 Å². The van der Waals surface area contributed by atoms with Crippen LogP contribution in [0, 0.1) is 5.92 Å². The third-order valence-corrected chi connectivity index (χ3v) is 12.8. The Kier molecular flexibility index (Phi) is 12.3. The molecule has 3 aromatic rings. The van der Waals surface area contributed by atoms with Crippen molar-refractivity contribution in [3.8, 4) is 5.75 Å². The molecular formula is C45H59Cl2N5O3. The molecule has 0 unspecified atom stereocenters. The lowest BCUT2D eigenvalue weighted by Gasteiger charge is -2.47. The number of piperidine rings is 1. The molecule has 0 bridgehead atoms. The number of ether oxygens (including phenoxy) is 1. The molecule has 1 aromatic heterocycles. The van der Waals surface area contributed by atoms with Crippen molar-refractivity contribution in [1.82, 2.24) is 19.7 Å². The van der Waals surface area contributed by atoms with Gasteiger partial charge >= 0.3 is 6.03 Å². The first kappa shape index (κ1) is 41.0. The summed E-state index contributed by atoms with van der Waals surface area (Å²) in [6, 6.07) is 17.8. The summed E-state index contributed by atoms with van der Waals surface area (Å²) < 4.78 is 6.33. The topological polar surface area (TPSA) is 78.3 Å². The molecule has 3 heterocycles. The van der Waals surface area contributed by atoms with Crippen molar-refractivity contribution in [2.75, 3.05) is 19.7 Å². The fraction of sp³-hybridized carbons (Fsp3) is 0.556. The minimum Gasteiger partial charge on any atom is -0.493 e. The highest BCUT2D eigenvalue weighted by molar-refractivity contribution is 6.30. The predicted octanol–water partition coefficient (Wildman–Crippen LogP) is 10.8. The Morgan fingerprint density at radius 3 is 2.04 bits per heavy atom. The van der Waals surface area contributed by atoms with Crippen molar-refractivity contribution in [3.63, 3.8) is 0 Å². The van der Waals surface area contributed by atoms with E-state index < -0.39 is 11.1 Å².